The van der Waals surface area contributed by atoms with Gasteiger partial charge in [0.1, 0.15) is 11.1 Å². The third-order valence-corrected chi connectivity index (χ3v) is 6.73. The molecule has 0 aliphatic rings. The maximum absolute atomic E-state index is 12.9. The molecule has 0 radical (unpaired) electrons. The van der Waals surface area contributed by atoms with Gasteiger partial charge in [0.15, 0.2) is 17.3 Å². The van der Waals surface area contributed by atoms with E-state index in [1.165, 1.54) is 61.7 Å². The summed E-state index contributed by atoms with van der Waals surface area (Å²) in [4.78, 5) is 25.3. The molecule has 33 heavy (non-hydrogen) atoms. The van der Waals surface area contributed by atoms with Crippen LogP contribution in [0.5, 0.6) is 11.5 Å². The lowest BCUT2D eigenvalue weighted by Crippen LogP contribution is -2.15. The molecule has 1 aromatic heterocycles. The fourth-order valence-electron chi connectivity index (χ4n) is 3.13. The molecule has 0 atom stereocenters. The molecule has 0 aliphatic carbocycles. The number of fused-ring (bicyclic) bond motifs is 1. The fourth-order valence-corrected chi connectivity index (χ4v) is 4.45. The Bertz CT molecular complexity index is 1530. The summed E-state index contributed by atoms with van der Waals surface area (Å²) in [5, 5.41) is 10.2. The molecule has 1 heterocycles. The van der Waals surface area contributed by atoms with E-state index in [0.29, 0.717) is 5.39 Å². The van der Waals surface area contributed by atoms with Gasteiger partial charge in [0, 0.05) is 27.2 Å². The first kappa shape index (κ1) is 22.6. The number of aromatic hydroxyl groups is 1. The van der Waals surface area contributed by atoms with Gasteiger partial charge in [-0.05, 0) is 60.7 Å². The second-order valence-corrected chi connectivity index (χ2v) is 9.57. The van der Waals surface area contributed by atoms with Gasteiger partial charge in [-0.2, -0.15) is 0 Å². The molecular formula is C23H16BrNO7S. The van der Waals surface area contributed by atoms with Crippen molar-refractivity contribution in [3.05, 3.63) is 92.7 Å². The van der Waals surface area contributed by atoms with Crippen LogP contribution in [-0.4, -0.2) is 26.4 Å². The molecule has 0 bridgehead atoms. The molecule has 8 nitrogen and oxygen atoms in total. The second-order valence-electron chi connectivity index (χ2n) is 6.98. The van der Waals surface area contributed by atoms with E-state index in [-0.39, 0.29) is 38.8 Å². The van der Waals surface area contributed by atoms with Crippen LogP contribution in [0.25, 0.3) is 11.0 Å². The number of phenolic OH excluding ortho intramolecular Hbond substituents is 1. The maximum Gasteiger partial charge on any atom is 0.347 e. The zero-order valence-electron chi connectivity index (χ0n) is 17.0. The number of anilines is 1. The van der Waals surface area contributed by atoms with E-state index in [9.17, 15) is 23.1 Å². The SMILES string of the molecule is COc1cc2cc(C(=O)c3ccc(NS(=O)(=O)c4ccc(Br)cc4)cc3)c(=O)oc2cc1O. The first-order valence-corrected chi connectivity index (χ1v) is 11.7. The normalized spacial score (nSPS) is 11.3. The number of hydrogen-bond acceptors (Lipinski definition) is 7. The fraction of sp³-hybridized carbons (Fsp3) is 0.0435. The minimum absolute atomic E-state index is 0.0843. The van der Waals surface area contributed by atoms with E-state index < -0.39 is 21.4 Å². The maximum atomic E-state index is 12.9. The van der Waals surface area contributed by atoms with E-state index in [2.05, 4.69) is 20.7 Å². The number of ether oxygens (including phenoxy) is 1. The number of hydrogen-bond donors (Lipinski definition) is 2. The summed E-state index contributed by atoms with van der Waals surface area (Å²) in [5.74, 6) is -0.634. The van der Waals surface area contributed by atoms with Crippen LogP contribution in [0.3, 0.4) is 0 Å². The number of methoxy groups -OCH3 is 1. The van der Waals surface area contributed by atoms with Gasteiger partial charge < -0.3 is 14.3 Å². The van der Waals surface area contributed by atoms with Gasteiger partial charge in [-0.25, -0.2) is 13.2 Å². The largest absolute Gasteiger partial charge is 0.504 e. The molecule has 4 aromatic rings. The standard InChI is InChI=1S/C23H16BrNO7S/c1-31-21-11-14-10-18(23(28)32-20(14)12-19(21)26)22(27)13-2-6-16(7-3-13)25-33(29,30)17-8-4-15(24)5-9-17/h2-12,25-26H,1H3. The third kappa shape index (κ3) is 4.62. The number of carbonyl (C=O) groups excluding carboxylic acids is 1. The van der Waals surface area contributed by atoms with Crippen molar-refractivity contribution in [2.45, 2.75) is 4.90 Å². The van der Waals surface area contributed by atoms with Gasteiger partial charge in [0.2, 0.25) is 0 Å². The van der Waals surface area contributed by atoms with E-state index in [4.69, 9.17) is 9.15 Å². The first-order chi connectivity index (χ1) is 15.7. The van der Waals surface area contributed by atoms with Crippen molar-refractivity contribution in [3.8, 4) is 11.5 Å². The molecule has 0 saturated heterocycles. The van der Waals surface area contributed by atoms with Crippen molar-refractivity contribution >= 4 is 48.4 Å². The number of carbonyl (C=O) groups is 1. The summed E-state index contributed by atoms with van der Waals surface area (Å²) in [5.41, 5.74) is -0.553. The van der Waals surface area contributed by atoms with Crippen LogP contribution >= 0.6 is 15.9 Å². The smallest absolute Gasteiger partial charge is 0.347 e. The van der Waals surface area contributed by atoms with Crippen LogP contribution in [-0.2, 0) is 10.0 Å². The lowest BCUT2D eigenvalue weighted by molar-refractivity contribution is 0.103. The molecule has 0 saturated carbocycles. The van der Waals surface area contributed by atoms with Gasteiger partial charge in [-0.3, -0.25) is 9.52 Å². The molecular weight excluding hydrogens is 514 g/mol. The van der Waals surface area contributed by atoms with E-state index >= 15 is 0 Å². The molecule has 10 heteroatoms. The summed E-state index contributed by atoms with van der Waals surface area (Å²) >= 11 is 3.25. The minimum Gasteiger partial charge on any atom is -0.504 e. The number of halogens is 1. The quantitative estimate of drug-likeness (QED) is 0.282. The van der Waals surface area contributed by atoms with Crippen LogP contribution in [0, 0.1) is 0 Å². The molecule has 0 aliphatic heterocycles. The van der Waals surface area contributed by atoms with Crippen LogP contribution < -0.4 is 15.1 Å². The zero-order chi connectivity index (χ0) is 23.8. The minimum atomic E-state index is -3.81. The molecule has 0 amide bonds. The van der Waals surface area contributed by atoms with Gasteiger partial charge >= 0.3 is 5.63 Å². The van der Waals surface area contributed by atoms with Gasteiger partial charge in [0.25, 0.3) is 10.0 Å². The van der Waals surface area contributed by atoms with Crippen LogP contribution in [0.2, 0.25) is 0 Å². The highest BCUT2D eigenvalue weighted by Crippen LogP contribution is 2.31. The second kappa shape index (κ2) is 8.72. The van der Waals surface area contributed by atoms with Crippen molar-refractivity contribution in [2.24, 2.45) is 0 Å². The number of nitrogens with one attached hydrogen (secondary N) is 1. The Labute approximate surface area is 196 Å². The Morgan fingerprint density at radius 3 is 2.33 bits per heavy atom. The van der Waals surface area contributed by atoms with Crippen molar-refractivity contribution in [1.82, 2.24) is 0 Å². The molecule has 3 aromatic carbocycles. The molecule has 0 unspecified atom stereocenters. The average molecular weight is 530 g/mol. The Morgan fingerprint density at radius 1 is 1.03 bits per heavy atom. The van der Waals surface area contributed by atoms with Crippen LogP contribution in [0.1, 0.15) is 15.9 Å². The van der Waals surface area contributed by atoms with Crippen molar-refractivity contribution in [3.63, 3.8) is 0 Å². The van der Waals surface area contributed by atoms with Gasteiger partial charge in [-0.1, -0.05) is 15.9 Å². The molecule has 0 fully saturated rings. The Hall–Kier alpha value is -3.63. The summed E-state index contributed by atoms with van der Waals surface area (Å²) in [7, 11) is -2.44. The topological polar surface area (TPSA) is 123 Å². The number of phenols is 1. The van der Waals surface area contributed by atoms with Crippen molar-refractivity contribution in [1.29, 1.82) is 0 Å². The van der Waals surface area contributed by atoms with Gasteiger partial charge in [0.05, 0.1) is 12.0 Å². The van der Waals surface area contributed by atoms with E-state index in [1.54, 1.807) is 12.1 Å². The summed E-state index contributed by atoms with van der Waals surface area (Å²) < 4.78 is 38.5. The summed E-state index contributed by atoms with van der Waals surface area (Å²) in [6, 6.07) is 15.8. The summed E-state index contributed by atoms with van der Waals surface area (Å²) in [6.45, 7) is 0. The Morgan fingerprint density at radius 2 is 1.70 bits per heavy atom. The van der Waals surface area contributed by atoms with Crippen molar-refractivity contribution in [2.75, 3.05) is 11.8 Å². The number of sulfonamides is 1. The first-order valence-electron chi connectivity index (χ1n) is 9.46. The lowest BCUT2D eigenvalue weighted by Gasteiger charge is -2.09. The van der Waals surface area contributed by atoms with E-state index in [1.807, 2.05) is 0 Å². The highest BCUT2D eigenvalue weighted by atomic mass is 79.9. The molecule has 168 valence electrons. The third-order valence-electron chi connectivity index (χ3n) is 4.80. The molecule has 0 spiro atoms. The predicted octanol–water partition coefficient (Wildman–Crippen LogP) is 4.30. The Kier molecular flexibility index (Phi) is 5.96. The van der Waals surface area contributed by atoms with Crippen LogP contribution in [0.15, 0.2) is 85.3 Å². The van der Waals surface area contributed by atoms with Gasteiger partial charge in [-0.15, -0.1) is 0 Å². The number of rotatable bonds is 6. The predicted molar refractivity (Wildman–Crippen MR) is 126 cm³/mol. The summed E-state index contributed by atoms with van der Waals surface area (Å²) in [6.07, 6.45) is 0. The zero-order valence-corrected chi connectivity index (χ0v) is 19.4. The lowest BCUT2D eigenvalue weighted by atomic mass is 10.0. The average Bonchev–Trinajstić information content (AvgIpc) is 2.78. The highest BCUT2D eigenvalue weighted by Gasteiger charge is 2.18. The number of benzene rings is 3. The van der Waals surface area contributed by atoms with Crippen LogP contribution in [0.4, 0.5) is 5.69 Å². The molecule has 2 N–H and O–H groups in total. The Balaban J connectivity index is 1.61. The van der Waals surface area contributed by atoms with E-state index in [0.717, 1.165) is 4.47 Å². The molecule has 4 rings (SSSR count). The van der Waals surface area contributed by atoms with Crippen molar-refractivity contribution < 1.29 is 27.5 Å². The monoisotopic (exact) mass is 529 g/mol. The highest BCUT2D eigenvalue weighted by molar-refractivity contribution is 9.10. The number of ketones is 1.